The first-order valence-corrected chi connectivity index (χ1v) is 18.3. The average molecular weight is 707 g/mol. The van der Waals surface area contributed by atoms with E-state index in [-0.39, 0.29) is 42.5 Å². The highest BCUT2D eigenvalue weighted by molar-refractivity contribution is 5.90. The third-order valence-electron chi connectivity index (χ3n) is 9.85. The van der Waals surface area contributed by atoms with Gasteiger partial charge in [0.2, 0.25) is 23.6 Å². The molecule has 13 nitrogen and oxygen atoms in total. The second-order valence-electron chi connectivity index (χ2n) is 14.7. The summed E-state index contributed by atoms with van der Waals surface area (Å²) < 4.78 is 0. The normalized spacial score (nSPS) is 20.3. The Balaban J connectivity index is 1.45. The van der Waals surface area contributed by atoms with Gasteiger partial charge in [-0.1, -0.05) is 80.9 Å². The molecule has 280 valence electrons. The number of hydrogen-bond donors (Lipinski definition) is 7. The molecule has 0 aliphatic carbocycles. The lowest BCUT2D eigenvalue weighted by molar-refractivity contribution is -0.135. The van der Waals surface area contributed by atoms with Crippen LogP contribution in [0.15, 0.2) is 60.7 Å². The van der Waals surface area contributed by atoms with E-state index in [1.807, 2.05) is 84.3 Å². The molecule has 0 bridgehead atoms. The molecule has 2 saturated heterocycles. The van der Waals surface area contributed by atoms with E-state index in [1.165, 1.54) is 0 Å². The summed E-state index contributed by atoms with van der Waals surface area (Å²) in [5, 5.41) is 20.7. The number of nitrogens with two attached hydrogens (primary N) is 3. The number of nitrogens with zero attached hydrogens (tertiary/aromatic N) is 2. The molecule has 2 aromatic carbocycles. The summed E-state index contributed by atoms with van der Waals surface area (Å²) in [6, 6.07) is 15.6. The van der Waals surface area contributed by atoms with Crippen LogP contribution in [0.4, 0.5) is 0 Å². The van der Waals surface area contributed by atoms with Crippen LogP contribution in [0.3, 0.4) is 0 Å². The van der Waals surface area contributed by atoms with Crippen LogP contribution >= 0.6 is 0 Å². The Bertz CT molecular complexity index is 1400. The van der Waals surface area contributed by atoms with Crippen molar-refractivity contribution in [2.75, 3.05) is 39.3 Å². The fourth-order valence-electron chi connectivity index (χ4n) is 7.29. The number of aliphatic hydroxyl groups excluding tert-OH is 1. The first kappa shape index (κ1) is 39.9. The molecule has 2 heterocycles. The van der Waals surface area contributed by atoms with E-state index in [1.54, 1.807) is 0 Å². The van der Waals surface area contributed by atoms with E-state index < -0.39 is 42.2 Å². The van der Waals surface area contributed by atoms with E-state index in [2.05, 4.69) is 16.0 Å². The summed E-state index contributed by atoms with van der Waals surface area (Å²) in [6.07, 6.45) is 1.61. The molecule has 13 heteroatoms. The monoisotopic (exact) mass is 706 g/mol. The standard InChI is InChI=1S/C38H58N8O5/c1-25(2)17-32(36(49)42-31(15-9-10-16-39)38(51)46-22-28-20-45(24-34(41)47)21-29(28)23-46)44-37(50)33(19-27-13-7-4-8-14-27)43-35(48)30(40)18-26-11-5-3-6-12-26/h3-8,11-14,25,28-33,36,42,49H,9-10,15-24,39-40H2,1-2H3,(H2,41,47)(H,43,48)(H,44,50). The number of nitrogens with one attached hydrogen (secondary N) is 3. The Kier molecular flexibility index (Phi) is 15.4. The van der Waals surface area contributed by atoms with Gasteiger partial charge in [-0.15, -0.1) is 0 Å². The van der Waals surface area contributed by atoms with Crippen LogP contribution in [-0.2, 0) is 32.0 Å². The van der Waals surface area contributed by atoms with Crippen molar-refractivity contribution in [2.24, 2.45) is 35.0 Å². The topological polar surface area (TPSA) is 209 Å². The molecule has 2 fully saturated rings. The number of amides is 4. The third-order valence-corrected chi connectivity index (χ3v) is 9.85. The third kappa shape index (κ3) is 12.4. The van der Waals surface area contributed by atoms with Crippen molar-refractivity contribution in [3.05, 3.63) is 71.8 Å². The molecule has 0 saturated carbocycles. The zero-order valence-corrected chi connectivity index (χ0v) is 30.1. The van der Waals surface area contributed by atoms with E-state index >= 15 is 0 Å². The molecule has 2 aromatic rings. The second-order valence-corrected chi connectivity index (χ2v) is 14.7. The molecule has 7 unspecified atom stereocenters. The van der Waals surface area contributed by atoms with Gasteiger partial charge in [0.05, 0.1) is 24.7 Å². The highest BCUT2D eigenvalue weighted by Gasteiger charge is 2.43. The summed E-state index contributed by atoms with van der Waals surface area (Å²) in [6.45, 7) is 7.26. The first-order chi connectivity index (χ1) is 24.4. The molecule has 51 heavy (non-hydrogen) atoms. The van der Waals surface area contributed by atoms with Gasteiger partial charge in [0, 0.05) is 32.6 Å². The lowest BCUT2D eigenvalue weighted by Crippen LogP contribution is -2.60. The first-order valence-electron chi connectivity index (χ1n) is 18.3. The van der Waals surface area contributed by atoms with Crippen LogP contribution in [0.1, 0.15) is 50.7 Å². The van der Waals surface area contributed by atoms with Crippen LogP contribution < -0.4 is 33.2 Å². The maximum atomic E-state index is 14.0. The summed E-state index contributed by atoms with van der Waals surface area (Å²) in [7, 11) is 0. The Morgan fingerprint density at radius 3 is 1.96 bits per heavy atom. The molecule has 2 aliphatic rings. The molecule has 0 aromatic heterocycles. The van der Waals surface area contributed by atoms with E-state index in [4.69, 9.17) is 17.2 Å². The van der Waals surface area contributed by atoms with Gasteiger partial charge in [-0.2, -0.15) is 0 Å². The minimum absolute atomic E-state index is 0.0981. The van der Waals surface area contributed by atoms with Gasteiger partial charge in [0.15, 0.2) is 0 Å². The van der Waals surface area contributed by atoms with E-state index in [9.17, 15) is 24.3 Å². The number of likely N-dealkylation sites (tertiary alicyclic amines) is 2. The zero-order valence-electron chi connectivity index (χ0n) is 30.1. The van der Waals surface area contributed by atoms with Crippen molar-refractivity contribution in [1.29, 1.82) is 0 Å². The summed E-state index contributed by atoms with van der Waals surface area (Å²) in [4.78, 5) is 56.6. The predicted octanol–water partition coefficient (Wildman–Crippen LogP) is 0.0959. The number of primary amides is 1. The van der Waals surface area contributed by atoms with Crippen LogP contribution in [0.5, 0.6) is 0 Å². The molecule has 10 N–H and O–H groups in total. The number of rotatable bonds is 20. The molecule has 4 rings (SSSR count). The maximum absolute atomic E-state index is 14.0. The lowest BCUT2D eigenvalue weighted by Gasteiger charge is -2.33. The number of unbranched alkanes of at least 4 members (excludes halogenated alkanes) is 1. The average Bonchev–Trinajstić information content (AvgIpc) is 3.66. The SMILES string of the molecule is CC(C)CC(NC(=O)C(Cc1ccccc1)NC(=O)C(N)Cc1ccccc1)C(O)NC(CCCCN)C(=O)N1CC2CN(CC(N)=O)CC2C1. The van der Waals surface area contributed by atoms with Crippen LogP contribution in [0.25, 0.3) is 0 Å². The quantitative estimate of drug-likeness (QED) is 0.0735. The largest absolute Gasteiger partial charge is 0.376 e. The predicted molar refractivity (Wildman–Crippen MR) is 197 cm³/mol. The van der Waals surface area contributed by atoms with Crippen LogP contribution in [0.2, 0.25) is 0 Å². The number of aliphatic hydroxyl groups is 1. The van der Waals surface area contributed by atoms with Crippen molar-refractivity contribution in [3.63, 3.8) is 0 Å². The van der Waals surface area contributed by atoms with Gasteiger partial charge in [-0.25, -0.2) is 0 Å². The number of fused-ring (bicyclic) bond motifs is 1. The lowest BCUT2D eigenvalue weighted by atomic mass is 9.99. The molecule has 0 radical (unpaired) electrons. The Morgan fingerprint density at radius 2 is 1.41 bits per heavy atom. The summed E-state index contributed by atoms with van der Waals surface area (Å²) in [5.74, 6) is -0.747. The molecule has 2 aliphatic heterocycles. The zero-order chi connectivity index (χ0) is 36.9. The van der Waals surface area contributed by atoms with Gasteiger partial charge in [0.25, 0.3) is 0 Å². The van der Waals surface area contributed by atoms with Crippen molar-refractivity contribution in [1.82, 2.24) is 25.8 Å². The van der Waals surface area contributed by atoms with Gasteiger partial charge in [-0.3, -0.25) is 29.4 Å². The van der Waals surface area contributed by atoms with Gasteiger partial charge in [-0.05, 0) is 61.1 Å². The maximum Gasteiger partial charge on any atom is 0.243 e. The fraction of sp³-hybridized carbons (Fsp3) is 0.579. The van der Waals surface area contributed by atoms with Crippen molar-refractivity contribution >= 4 is 23.6 Å². The second kappa shape index (κ2) is 19.7. The van der Waals surface area contributed by atoms with Gasteiger partial charge < -0.3 is 37.8 Å². The Labute approximate surface area is 302 Å². The highest BCUT2D eigenvalue weighted by Crippen LogP contribution is 2.31. The highest BCUT2D eigenvalue weighted by atomic mass is 16.3. The number of benzene rings is 2. The van der Waals surface area contributed by atoms with E-state index in [0.717, 1.165) is 17.5 Å². The van der Waals surface area contributed by atoms with Gasteiger partial charge in [0.1, 0.15) is 12.3 Å². The summed E-state index contributed by atoms with van der Waals surface area (Å²) in [5.41, 5.74) is 19.2. The number of carbonyl (C=O) groups is 4. The Morgan fingerprint density at radius 1 is 0.824 bits per heavy atom. The number of carbonyl (C=O) groups excluding carboxylic acids is 4. The molecule has 0 spiro atoms. The fourth-order valence-corrected chi connectivity index (χ4v) is 7.29. The minimum atomic E-state index is -1.25. The number of hydrogen-bond acceptors (Lipinski definition) is 9. The summed E-state index contributed by atoms with van der Waals surface area (Å²) >= 11 is 0. The van der Waals surface area contributed by atoms with Crippen molar-refractivity contribution in [3.8, 4) is 0 Å². The molecular formula is C38H58N8O5. The van der Waals surface area contributed by atoms with E-state index in [0.29, 0.717) is 58.4 Å². The van der Waals surface area contributed by atoms with Crippen molar-refractivity contribution < 1.29 is 24.3 Å². The van der Waals surface area contributed by atoms with Crippen LogP contribution in [-0.4, -0.2) is 108 Å². The molecule has 4 amide bonds. The van der Waals surface area contributed by atoms with Gasteiger partial charge >= 0.3 is 0 Å². The molecule has 7 atom stereocenters. The van der Waals surface area contributed by atoms with Crippen molar-refractivity contribution in [2.45, 2.75) is 82.8 Å². The smallest absolute Gasteiger partial charge is 0.243 e. The Hall–Kier alpha value is -3.88. The minimum Gasteiger partial charge on any atom is -0.376 e. The van der Waals surface area contributed by atoms with Crippen LogP contribution in [0, 0.1) is 17.8 Å². The molecular weight excluding hydrogens is 648 g/mol.